The maximum Gasteiger partial charge on any atom is 0.262 e. The fraction of sp³-hybridized carbons (Fsp3) is 0.250. The number of anilines is 1. The SMILES string of the molecule is CCOc1ccc(NC(=O)CCC(=O)NNC(=O)C=Cc2ccc(C)o2)cc1. The highest BCUT2D eigenvalue weighted by molar-refractivity contribution is 5.95. The van der Waals surface area contributed by atoms with Crippen LogP contribution in [-0.4, -0.2) is 24.3 Å². The average molecular weight is 385 g/mol. The molecule has 28 heavy (non-hydrogen) atoms. The lowest BCUT2D eigenvalue weighted by Crippen LogP contribution is -2.40. The third-order valence-corrected chi connectivity index (χ3v) is 3.51. The van der Waals surface area contributed by atoms with Gasteiger partial charge in [-0.15, -0.1) is 0 Å². The van der Waals surface area contributed by atoms with Crippen molar-refractivity contribution < 1.29 is 23.5 Å². The fourth-order valence-corrected chi connectivity index (χ4v) is 2.19. The number of carbonyl (C=O) groups excluding carboxylic acids is 3. The van der Waals surface area contributed by atoms with E-state index in [4.69, 9.17) is 9.15 Å². The van der Waals surface area contributed by atoms with E-state index in [-0.39, 0.29) is 18.7 Å². The minimum absolute atomic E-state index is 0.0174. The number of carbonyl (C=O) groups is 3. The molecule has 0 atom stereocenters. The Hall–Kier alpha value is -3.55. The third-order valence-electron chi connectivity index (χ3n) is 3.51. The summed E-state index contributed by atoms with van der Waals surface area (Å²) in [6, 6.07) is 10.4. The molecule has 0 radical (unpaired) electrons. The first-order valence-electron chi connectivity index (χ1n) is 8.82. The number of amides is 3. The van der Waals surface area contributed by atoms with Gasteiger partial charge in [0.1, 0.15) is 17.3 Å². The van der Waals surface area contributed by atoms with Crippen LogP contribution in [0.2, 0.25) is 0 Å². The van der Waals surface area contributed by atoms with Crippen LogP contribution in [0.4, 0.5) is 5.69 Å². The summed E-state index contributed by atoms with van der Waals surface area (Å²) >= 11 is 0. The van der Waals surface area contributed by atoms with Crippen molar-refractivity contribution in [3.05, 3.63) is 54.0 Å². The molecule has 148 valence electrons. The molecule has 1 aromatic carbocycles. The molecule has 0 aliphatic carbocycles. The minimum atomic E-state index is -0.513. The quantitative estimate of drug-likeness (QED) is 0.478. The lowest BCUT2D eigenvalue weighted by atomic mass is 10.2. The van der Waals surface area contributed by atoms with Crippen molar-refractivity contribution in [1.29, 1.82) is 0 Å². The number of ether oxygens (including phenoxy) is 1. The topological polar surface area (TPSA) is 110 Å². The first kappa shape index (κ1) is 20.8. The number of hydrogen-bond acceptors (Lipinski definition) is 5. The van der Waals surface area contributed by atoms with Gasteiger partial charge in [0.15, 0.2) is 0 Å². The number of nitrogens with one attached hydrogen (secondary N) is 3. The summed E-state index contributed by atoms with van der Waals surface area (Å²) in [5, 5.41) is 2.69. The van der Waals surface area contributed by atoms with Gasteiger partial charge in [0.2, 0.25) is 11.8 Å². The smallest absolute Gasteiger partial charge is 0.262 e. The monoisotopic (exact) mass is 385 g/mol. The van der Waals surface area contributed by atoms with E-state index in [1.807, 2.05) is 6.92 Å². The van der Waals surface area contributed by atoms with Crippen molar-refractivity contribution in [3.63, 3.8) is 0 Å². The molecule has 8 heteroatoms. The molecule has 0 spiro atoms. The number of rotatable bonds is 8. The van der Waals surface area contributed by atoms with Gasteiger partial charge in [-0.05, 0) is 56.3 Å². The summed E-state index contributed by atoms with van der Waals surface area (Å²) in [4.78, 5) is 35.3. The Balaban J connectivity index is 1.66. The molecule has 0 bridgehead atoms. The van der Waals surface area contributed by atoms with E-state index >= 15 is 0 Å². The van der Waals surface area contributed by atoms with E-state index in [0.29, 0.717) is 23.8 Å². The lowest BCUT2D eigenvalue weighted by Gasteiger charge is -2.08. The Morgan fingerprint density at radius 3 is 2.36 bits per heavy atom. The molecule has 1 heterocycles. The Morgan fingerprint density at radius 2 is 1.71 bits per heavy atom. The van der Waals surface area contributed by atoms with E-state index in [1.165, 1.54) is 12.2 Å². The maximum absolute atomic E-state index is 11.9. The molecule has 0 aliphatic heterocycles. The molecule has 2 rings (SSSR count). The molecule has 0 unspecified atom stereocenters. The highest BCUT2D eigenvalue weighted by atomic mass is 16.5. The van der Waals surface area contributed by atoms with E-state index in [1.54, 1.807) is 43.3 Å². The van der Waals surface area contributed by atoms with Crippen LogP contribution in [0.25, 0.3) is 6.08 Å². The van der Waals surface area contributed by atoms with E-state index in [2.05, 4.69) is 16.2 Å². The predicted octanol–water partition coefficient (Wildman–Crippen LogP) is 2.57. The summed E-state index contributed by atoms with van der Waals surface area (Å²) in [5.74, 6) is 0.686. The number of hydrazine groups is 1. The van der Waals surface area contributed by atoms with Gasteiger partial charge in [0, 0.05) is 24.6 Å². The molecule has 0 aliphatic rings. The molecule has 0 saturated heterocycles. The van der Waals surface area contributed by atoms with Crippen molar-refractivity contribution in [2.75, 3.05) is 11.9 Å². The van der Waals surface area contributed by atoms with Gasteiger partial charge in [0.25, 0.3) is 5.91 Å². The van der Waals surface area contributed by atoms with E-state index in [0.717, 1.165) is 5.76 Å². The molecule has 3 amide bonds. The van der Waals surface area contributed by atoms with Gasteiger partial charge in [-0.2, -0.15) is 0 Å². The van der Waals surface area contributed by atoms with Gasteiger partial charge >= 0.3 is 0 Å². The highest BCUT2D eigenvalue weighted by Crippen LogP contribution is 2.15. The summed E-state index contributed by atoms with van der Waals surface area (Å²) in [5.41, 5.74) is 5.10. The Kier molecular flexibility index (Phi) is 7.83. The number of furan rings is 1. The average Bonchev–Trinajstić information content (AvgIpc) is 3.10. The first-order chi connectivity index (χ1) is 13.5. The van der Waals surface area contributed by atoms with Crippen LogP contribution in [0.5, 0.6) is 5.75 Å². The molecule has 2 aromatic rings. The summed E-state index contributed by atoms with van der Waals surface area (Å²) in [7, 11) is 0. The van der Waals surface area contributed by atoms with Crippen molar-refractivity contribution in [3.8, 4) is 5.75 Å². The van der Waals surface area contributed by atoms with Gasteiger partial charge in [0.05, 0.1) is 6.61 Å². The maximum atomic E-state index is 11.9. The Bertz CT molecular complexity index is 840. The number of benzene rings is 1. The Labute approximate surface area is 162 Å². The summed E-state index contributed by atoms with van der Waals surface area (Å²) in [6.45, 7) is 4.25. The molecule has 8 nitrogen and oxygen atoms in total. The van der Waals surface area contributed by atoms with Crippen molar-refractivity contribution in [1.82, 2.24) is 10.9 Å². The van der Waals surface area contributed by atoms with Crippen LogP contribution in [0, 0.1) is 6.92 Å². The summed E-state index contributed by atoms with van der Waals surface area (Å²) < 4.78 is 10.6. The third kappa shape index (κ3) is 7.36. The Morgan fingerprint density at radius 1 is 1.00 bits per heavy atom. The zero-order chi connectivity index (χ0) is 20.4. The molecule has 0 saturated carbocycles. The number of hydrogen-bond donors (Lipinski definition) is 3. The standard InChI is InChI=1S/C20H23N3O5/c1-3-27-16-8-5-15(6-9-16)21-18(24)12-13-20(26)23-22-19(25)11-10-17-7-4-14(2)28-17/h4-11H,3,12-13H2,1-2H3,(H,21,24)(H,22,25)(H,23,26). The van der Waals surface area contributed by atoms with E-state index < -0.39 is 11.8 Å². The van der Waals surface area contributed by atoms with Gasteiger partial charge in [-0.1, -0.05) is 0 Å². The van der Waals surface area contributed by atoms with E-state index in [9.17, 15) is 14.4 Å². The highest BCUT2D eigenvalue weighted by Gasteiger charge is 2.08. The van der Waals surface area contributed by atoms with Crippen molar-refractivity contribution in [2.45, 2.75) is 26.7 Å². The molecule has 1 aromatic heterocycles. The lowest BCUT2D eigenvalue weighted by molar-refractivity contribution is -0.128. The second kappa shape index (κ2) is 10.6. The van der Waals surface area contributed by atoms with Crippen LogP contribution in [0.1, 0.15) is 31.3 Å². The fourth-order valence-electron chi connectivity index (χ4n) is 2.19. The summed E-state index contributed by atoms with van der Waals surface area (Å²) in [6.07, 6.45) is 2.64. The first-order valence-corrected chi connectivity index (χ1v) is 8.82. The van der Waals surface area contributed by atoms with Crippen LogP contribution in [-0.2, 0) is 14.4 Å². The molecule has 3 N–H and O–H groups in total. The van der Waals surface area contributed by atoms with Crippen molar-refractivity contribution >= 4 is 29.5 Å². The van der Waals surface area contributed by atoms with Gasteiger partial charge < -0.3 is 14.5 Å². The van der Waals surface area contributed by atoms with Crippen LogP contribution >= 0.6 is 0 Å². The van der Waals surface area contributed by atoms with Gasteiger partial charge in [-0.3, -0.25) is 25.2 Å². The second-order valence-electron chi connectivity index (χ2n) is 5.82. The van der Waals surface area contributed by atoms with Crippen molar-refractivity contribution in [2.24, 2.45) is 0 Å². The zero-order valence-corrected chi connectivity index (χ0v) is 15.8. The second-order valence-corrected chi connectivity index (χ2v) is 5.82. The molecule has 0 fully saturated rings. The number of aryl methyl sites for hydroxylation is 1. The van der Waals surface area contributed by atoms with Crippen LogP contribution in [0.3, 0.4) is 0 Å². The zero-order valence-electron chi connectivity index (χ0n) is 15.8. The molecular weight excluding hydrogens is 362 g/mol. The van der Waals surface area contributed by atoms with Crippen LogP contribution in [0.15, 0.2) is 46.9 Å². The molecular formula is C20H23N3O5. The predicted molar refractivity (Wildman–Crippen MR) is 104 cm³/mol. The largest absolute Gasteiger partial charge is 0.494 e. The van der Waals surface area contributed by atoms with Gasteiger partial charge in [-0.25, -0.2) is 0 Å². The normalized spacial score (nSPS) is 10.5. The minimum Gasteiger partial charge on any atom is -0.494 e. The van der Waals surface area contributed by atoms with Crippen LogP contribution < -0.4 is 20.9 Å².